The van der Waals surface area contributed by atoms with Crippen LogP contribution in [0.5, 0.6) is 11.5 Å². The molecular formula is C12H8ClNO3. The second kappa shape index (κ2) is 4.84. The standard InChI is InChI=1S/C12H8ClNO3/c13-11-2-1-9(7-10(11)12(15)16)17-8-3-5-14-6-4-8/h1-7H,(H,15,16). The number of aromatic nitrogens is 1. The third-order valence-electron chi connectivity index (χ3n) is 2.05. The summed E-state index contributed by atoms with van der Waals surface area (Å²) in [4.78, 5) is 14.7. The molecule has 1 heterocycles. The van der Waals surface area contributed by atoms with Crippen molar-refractivity contribution < 1.29 is 14.6 Å². The molecule has 1 aromatic heterocycles. The Morgan fingerprint density at radius 1 is 1.18 bits per heavy atom. The van der Waals surface area contributed by atoms with Gasteiger partial charge in [0.15, 0.2) is 0 Å². The lowest BCUT2D eigenvalue weighted by Crippen LogP contribution is -1.97. The minimum absolute atomic E-state index is 0.0122. The van der Waals surface area contributed by atoms with E-state index in [1.54, 1.807) is 30.6 Å². The van der Waals surface area contributed by atoms with E-state index in [0.717, 1.165) is 0 Å². The van der Waals surface area contributed by atoms with Crippen molar-refractivity contribution in [2.24, 2.45) is 0 Å². The number of aromatic carboxylic acids is 1. The lowest BCUT2D eigenvalue weighted by Gasteiger charge is -2.06. The number of halogens is 1. The van der Waals surface area contributed by atoms with Gasteiger partial charge in [-0.1, -0.05) is 11.6 Å². The maximum Gasteiger partial charge on any atom is 0.337 e. The molecule has 0 atom stereocenters. The predicted molar refractivity (Wildman–Crippen MR) is 62.7 cm³/mol. The Balaban J connectivity index is 2.29. The molecule has 86 valence electrons. The molecule has 17 heavy (non-hydrogen) atoms. The molecule has 0 bridgehead atoms. The van der Waals surface area contributed by atoms with E-state index >= 15 is 0 Å². The third kappa shape index (κ3) is 2.73. The van der Waals surface area contributed by atoms with Crippen LogP contribution in [0.2, 0.25) is 5.02 Å². The smallest absolute Gasteiger partial charge is 0.337 e. The molecule has 0 aliphatic heterocycles. The lowest BCUT2D eigenvalue weighted by atomic mass is 10.2. The van der Waals surface area contributed by atoms with Crippen molar-refractivity contribution in [3.63, 3.8) is 0 Å². The third-order valence-corrected chi connectivity index (χ3v) is 2.38. The van der Waals surface area contributed by atoms with Crippen LogP contribution in [0.25, 0.3) is 0 Å². The number of hydrogen-bond donors (Lipinski definition) is 1. The zero-order valence-corrected chi connectivity index (χ0v) is 9.39. The zero-order chi connectivity index (χ0) is 12.3. The molecule has 2 aromatic rings. The quantitative estimate of drug-likeness (QED) is 0.907. The molecule has 0 amide bonds. The van der Waals surface area contributed by atoms with E-state index < -0.39 is 5.97 Å². The van der Waals surface area contributed by atoms with Gasteiger partial charge in [0.25, 0.3) is 0 Å². The van der Waals surface area contributed by atoms with E-state index in [9.17, 15) is 4.79 Å². The summed E-state index contributed by atoms with van der Waals surface area (Å²) in [6, 6.07) is 7.83. The molecule has 0 spiro atoms. The summed E-state index contributed by atoms with van der Waals surface area (Å²) >= 11 is 5.75. The van der Waals surface area contributed by atoms with E-state index in [0.29, 0.717) is 11.5 Å². The second-order valence-electron chi connectivity index (χ2n) is 3.23. The first-order valence-corrected chi connectivity index (χ1v) is 5.15. The molecule has 1 aromatic carbocycles. The van der Waals surface area contributed by atoms with Crippen LogP contribution in [0.1, 0.15) is 10.4 Å². The maximum absolute atomic E-state index is 10.9. The van der Waals surface area contributed by atoms with Gasteiger partial charge in [-0.2, -0.15) is 0 Å². The molecule has 0 aliphatic carbocycles. The Hall–Kier alpha value is -2.07. The van der Waals surface area contributed by atoms with Crippen LogP contribution in [0.4, 0.5) is 0 Å². The van der Waals surface area contributed by atoms with E-state index in [-0.39, 0.29) is 10.6 Å². The minimum atomic E-state index is -1.09. The van der Waals surface area contributed by atoms with E-state index in [1.807, 2.05) is 0 Å². The van der Waals surface area contributed by atoms with Crippen molar-refractivity contribution in [3.05, 3.63) is 53.3 Å². The highest BCUT2D eigenvalue weighted by molar-refractivity contribution is 6.33. The summed E-state index contributed by atoms with van der Waals surface area (Å²) in [7, 11) is 0. The van der Waals surface area contributed by atoms with Gasteiger partial charge in [-0.05, 0) is 30.3 Å². The van der Waals surface area contributed by atoms with Crippen LogP contribution < -0.4 is 4.74 Å². The Morgan fingerprint density at radius 3 is 2.53 bits per heavy atom. The number of carboxylic acids is 1. The van der Waals surface area contributed by atoms with Crippen molar-refractivity contribution in [3.8, 4) is 11.5 Å². The largest absolute Gasteiger partial charge is 0.478 e. The van der Waals surface area contributed by atoms with Crippen LogP contribution in [-0.2, 0) is 0 Å². The SMILES string of the molecule is O=C(O)c1cc(Oc2ccncc2)ccc1Cl. The Kier molecular flexibility index (Phi) is 3.25. The molecule has 0 radical (unpaired) electrons. The number of ether oxygens (including phenoxy) is 1. The van der Waals surface area contributed by atoms with Crippen LogP contribution in [0.15, 0.2) is 42.7 Å². The van der Waals surface area contributed by atoms with Crippen molar-refractivity contribution in [2.45, 2.75) is 0 Å². The number of carboxylic acid groups (broad SMARTS) is 1. The monoisotopic (exact) mass is 249 g/mol. The molecule has 5 heteroatoms. The highest BCUT2D eigenvalue weighted by Crippen LogP contribution is 2.25. The summed E-state index contributed by atoms with van der Waals surface area (Å²) in [6.45, 7) is 0. The maximum atomic E-state index is 10.9. The summed E-state index contributed by atoms with van der Waals surface area (Å²) in [5.41, 5.74) is 0.0122. The van der Waals surface area contributed by atoms with E-state index in [2.05, 4.69) is 4.98 Å². The van der Waals surface area contributed by atoms with Gasteiger partial charge in [-0.15, -0.1) is 0 Å². The highest BCUT2D eigenvalue weighted by atomic mass is 35.5. The van der Waals surface area contributed by atoms with Gasteiger partial charge in [0.2, 0.25) is 0 Å². The van der Waals surface area contributed by atoms with Crippen LogP contribution in [0, 0.1) is 0 Å². The average Bonchev–Trinajstić information content (AvgIpc) is 2.32. The number of benzene rings is 1. The molecule has 0 saturated heterocycles. The predicted octanol–water partition coefficient (Wildman–Crippen LogP) is 3.23. The fourth-order valence-corrected chi connectivity index (χ4v) is 1.47. The molecule has 4 nitrogen and oxygen atoms in total. The highest BCUT2D eigenvalue weighted by Gasteiger charge is 2.10. The summed E-state index contributed by atoms with van der Waals surface area (Å²) in [5.74, 6) is -0.0909. The normalized spacial score (nSPS) is 9.94. The lowest BCUT2D eigenvalue weighted by molar-refractivity contribution is 0.0696. The van der Waals surface area contributed by atoms with Gasteiger partial charge >= 0.3 is 5.97 Å². The van der Waals surface area contributed by atoms with Gasteiger partial charge in [-0.25, -0.2) is 4.79 Å². The Bertz CT molecular complexity index is 543. The first-order chi connectivity index (χ1) is 8.16. The molecule has 0 aliphatic rings. The fourth-order valence-electron chi connectivity index (χ4n) is 1.27. The van der Waals surface area contributed by atoms with Crippen molar-refractivity contribution in [1.82, 2.24) is 4.98 Å². The van der Waals surface area contributed by atoms with E-state index in [1.165, 1.54) is 12.1 Å². The molecule has 1 N–H and O–H groups in total. The summed E-state index contributed by atoms with van der Waals surface area (Å²) in [5, 5.41) is 9.09. The number of pyridine rings is 1. The van der Waals surface area contributed by atoms with Crippen LogP contribution >= 0.6 is 11.6 Å². The van der Waals surface area contributed by atoms with E-state index in [4.69, 9.17) is 21.4 Å². The van der Waals surface area contributed by atoms with Gasteiger partial charge in [0.1, 0.15) is 11.5 Å². The van der Waals surface area contributed by atoms with Gasteiger partial charge in [-0.3, -0.25) is 4.98 Å². The number of hydrogen-bond acceptors (Lipinski definition) is 3. The first-order valence-electron chi connectivity index (χ1n) is 4.77. The number of rotatable bonds is 3. The second-order valence-corrected chi connectivity index (χ2v) is 3.64. The Labute approximate surface area is 102 Å². The molecular weight excluding hydrogens is 242 g/mol. The van der Waals surface area contributed by atoms with Crippen molar-refractivity contribution in [1.29, 1.82) is 0 Å². The van der Waals surface area contributed by atoms with Crippen LogP contribution in [0.3, 0.4) is 0 Å². The topological polar surface area (TPSA) is 59.4 Å². The summed E-state index contributed by atoms with van der Waals surface area (Å²) in [6.07, 6.45) is 3.17. The zero-order valence-electron chi connectivity index (χ0n) is 8.63. The van der Waals surface area contributed by atoms with Gasteiger partial charge in [0.05, 0.1) is 10.6 Å². The first kappa shape index (κ1) is 11.4. The molecule has 0 unspecified atom stereocenters. The minimum Gasteiger partial charge on any atom is -0.478 e. The number of nitrogens with zero attached hydrogens (tertiary/aromatic N) is 1. The van der Waals surface area contributed by atoms with Gasteiger partial charge < -0.3 is 9.84 Å². The molecule has 0 saturated carbocycles. The fraction of sp³-hybridized carbons (Fsp3) is 0. The van der Waals surface area contributed by atoms with Crippen LogP contribution in [-0.4, -0.2) is 16.1 Å². The number of carbonyl (C=O) groups is 1. The van der Waals surface area contributed by atoms with Gasteiger partial charge in [0, 0.05) is 12.4 Å². The molecule has 2 rings (SSSR count). The van der Waals surface area contributed by atoms with Crippen molar-refractivity contribution >= 4 is 17.6 Å². The van der Waals surface area contributed by atoms with Crippen molar-refractivity contribution in [2.75, 3.05) is 0 Å². The average molecular weight is 250 g/mol. The molecule has 0 fully saturated rings. The Morgan fingerprint density at radius 2 is 1.88 bits per heavy atom. The summed E-state index contributed by atoms with van der Waals surface area (Å²) < 4.78 is 5.46.